The van der Waals surface area contributed by atoms with E-state index < -0.39 is 0 Å². The van der Waals surface area contributed by atoms with Crippen molar-refractivity contribution in [2.75, 3.05) is 19.7 Å². The third-order valence-electron chi connectivity index (χ3n) is 4.29. The first-order valence-corrected chi connectivity index (χ1v) is 8.31. The fourth-order valence-electron chi connectivity index (χ4n) is 2.87. The summed E-state index contributed by atoms with van der Waals surface area (Å²) in [6, 6.07) is 12.2. The summed E-state index contributed by atoms with van der Waals surface area (Å²) in [7, 11) is 0. The first-order valence-electron chi connectivity index (χ1n) is 8.31. The predicted molar refractivity (Wildman–Crippen MR) is 93.6 cm³/mol. The van der Waals surface area contributed by atoms with E-state index in [2.05, 4.69) is 34.6 Å². The van der Waals surface area contributed by atoms with E-state index in [0.717, 1.165) is 16.7 Å². The minimum Gasteiger partial charge on any atom is -0.375 e. The Kier molecular flexibility index (Phi) is 5.11. The van der Waals surface area contributed by atoms with Crippen molar-refractivity contribution >= 4 is 6.03 Å². The van der Waals surface area contributed by atoms with Crippen LogP contribution in [-0.2, 0) is 4.74 Å². The topological polar surface area (TPSA) is 54.5 Å². The molecule has 0 radical (unpaired) electrons. The van der Waals surface area contributed by atoms with Crippen LogP contribution in [0, 0.1) is 0 Å². The van der Waals surface area contributed by atoms with E-state index in [0.29, 0.717) is 19.7 Å². The van der Waals surface area contributed by atoms with Gasteiger partial charge in [0, 0.05) is 25.5 Å². The molecule has 5 nitrogen and oxygen atoms in total. The Balaban J connectivity index is 1.62. The maximum atomic E-state index is 12.4. The van der Waals surface area contributed by atoms with E-state index in [4.69, 9.17) is 4.74 Å². The number of ether oxygens (including phenoxy) is 1. The van der Waals surface area contributed by atoms with Gasteiger partial charge in [-0.25, -0.2) is 4.79 Å². The summed E-state index contributed by atoms with van der Waals surface area (Å²) in [5.74, 6) is 0. The van der Waals surface area contributed by atoms with Crippen LogP contribution in [0.1, 0.15) is 25.5 Å². The van der Waals surface area contributed by atoms with Gasteiger partial charge in [0.25, 0.3) is 0 Å². The molecule has 0 bridgehead atoms. The van der Waals surface area contributed by atoms with Gasteiger partial charge >= 0.3 is 6.03 Å². The first-order chi connectivity index (χ1) is 11.6. The zero-order valence-electron chi connectivity index (χ0n) is 14.1. The number of carbonyl (C=O) groups is 1. The molecule has 5 heteroatoms. The van der Waals surface area contributed by atoms with Crippen molar-refractivity contribution in [1.29, 1.82) is 0 Å². The summed E-state index contributed by atoms with van der Waals surface area (Å²) >= 11 is 0. The van der Waals surface area contributed by atoms with Crippen LogP contribution in [0.2, 0.25) is 0 Å². The Morgan fingerprint density at radius 2 is 1.88 bits per heavy atom. The number of aromatic nitrogens is 1. The highest BCUT2D eigenvalue weighted by atomic mass is 16.5. The van der Waals surface area contributed by atoms with Gasteiger partial charge in [-0.05, 0) is 42.7 Å². The van der Waals surface area contributed by atoms with Crippen molar-refractivity contribution in [3.8, 4) is 11.1 Å². The van der Waals surface area contributed by atoms with Crippen LogP contribution < -0.4 is 5.32 Å². The maximum Gasteiger partial charge on any atom is 0.318 e. The molecule has 1 aliphatic rings. The van der Waals surface area contributed by atoms with E-state index in [9.17, 15) is 4.79 Å². The van der Waals surface area contributed by atoms with Crippen molar-refractivity contribution < 1.29 is 9.53 Å². The Morgan fingerprint density at radius 1 is 1.21 bits per heavy atom. The minimum atomic E-state index is -0.0397. The van der Waals surface area contributed by atoms with Crippen molar-refractivity contribution in [3.63, 3.8) is 0 Å². The Bertz CT molecular complexity index is 673. The fraction of sp³-hybridized carbons (Fsp3) is 0.368. The average molecular weight is 325 g/mol. The molecule has 24 heavy (non-hydrogen) atoms. The predicted octanol–water partition coefficient (Wildman–Crippen LogP) is 3.24. The number of nitrogens with one attached hydrogen (secondary N) is 1. The van der Waals surface area contributed by atoms with Crippen molar-refractivity contribution in [2.24, 2.45) is 0 Å². The highest BCUT2D eigenvalue weighted by Crippen LogP contribution is 2.21. The van der Waals surface area contributed by atoms with Crippen molar-refractivity contribution in [1.82, 2.24) is 15.2 Å². The Labute approximate surface area is 142 Å². The molecule has 1 aromatic carbocycles. The molecule has 2 heterocycles. The lowest BCUT2D eigenvalue weighted by Gasteiger charge is -2.32. The zero-order valence-corrected chi connectivity index (χ0v) is 14.1. The second kappa shape index (κ2) is 7.45. The van der Waals surface area contributed by atoms with Crippen LogP contribution in [0.15, 0.2) is 48.8 Å². The van der Waals surface area contributed by atoms with E-state index in [-0.39, 0.29) is 18.2 Å². The van der Waals surface area contributed by atoms with Gasteiger partial charge in [0.2, 0.25) is 0 Å². The summed E-state index contributed by atoms with van der Waals surface area (Å²) < 4.78 is 5.48. The highest BCUT2D eigenvalue weighted by molar-refractivity contribution is 5.75. The van der Waals surface area contributed by atoms with Gasteiger partial charge in [-0.2, -0.15) is 0 Å². The number of hydrogen-bond acceptors (Lipinski definition) is 3. The monoisotopic (exact) mass is 325 g/mol. The lowest BCUT2D eigenvalue weighted by atomic mass is 10.0. The van der Waals surface area contributed by atoms with Gasteiger partial charge in [-0.15, -0.1) is 0 Å². The number of amides is 2. The molecule has 1 aromatic heterocycles. The molecule has 0 spiro atoms. The van der Waals surface area contributed by atoms with Gasteiger partial charge in [0.15, 0.2) is 0 Å². The minimum absolute atomic E-state index is 0.0316. The van der Waals surface area contributed by atoms with E-state index in [1.165, 1.54) is 0 Å². The van der Waals surface area contributed by atoms with Gasteiger partial charge in [0.05, 0.1) is 18.8 Å². The van der Waals surface area contributed by atoms with Gasteiger partial charge < -0.3 is 15.0 Å². The number of nitrogens with zero attached hydrogens (tertiary/aromatic N) is 2. The SMILES string of the molecule is C[C@H]1CN(C(=O)N[C@H](C)c2ccc(-c3ccncc3)cc2)CCO1. The molecule has 2 amide bonds. The molecule has 0 saturated carbocycles. The molecule has 0 aliphatic carbocycles. The standard InChI is InChI=1S/C19H23N3O2/c1-14-13-22(11-12-24-14)19(23)21-15(2)16-3-5-17(6-4-16)18-7-9-20-10-8-18/h3-10,14-15H,11-13H2,1-2H3,(H,21,23)/t14-,15+/m0/s1. The van der Waals surface area contributed by atoms with Crippen LogP contribution in [0.3, 0.4) is 0 Å². The summed E-state index contributed by atoms with van der Waals surface area (Å²) in [4.78, 5) is 18.2. The molecule has 2 atom stereocenters. The molecule has 3 rings (SSSR count). The number of pyridine rings is 1. The molecule has 2 aromatic rings. The number of morpholine rings is 1. The molecule has 1 N–H and O–H groups in total. The Hall–Kier alpha value is -2.40. The second-order valence-electron chi connectivity index (χ2n) is 6.16. The van der Waals surface area contributed by atoms with E-state index >= 15 is 0 Å². The molecular formula is C19H23N3O2. The largest absolute Gasteiger partial charge is 0.375 e. The second-order valence-corrected chi connectivity index (χ2v) is 6.16. The lowest BCUT2D eigenvalue weighted by molar-refractivity contribution is -0.00380. The van der Waals surface area contributed by atoms with Crippen LogP contribution in [0.25, 0.3) is 11.1 Å². The molecule has 0 unspecified atom stereocenters. The number of carbonyl (C=O) groups excluding carboxylic acids is 1. The third kappa shape index (κ3) is 3.92. The van der Waals surface area contributed by atoms with Gasteiger partial charge in [0.1, 0.15) is 0 Å². The van der Waals surface area contributed by atoms with Crippen LogP contribution in [0.4, 0.5) is 4.79 Å². The van der Waals surface area contributed by atoms with Crippen LogP contribution in [0.5, 0.6) is 0 Å². The normalized spacial score (nSPS) is 18.9. The molecule has 1 fully saturated rings. The highest BCUT2D eigenvalue weighted by Gasteiger charge is 2.22. The molecule has 1 aliphatic heterocycles. The summed E-state index contributed by atoms with van der Waals surface area (Å²) in [6.45, 7) is 5.87. The summed E-state index contributed by atoms with van der Waals surface area (Å²) in [5.41, 5.74) is 3.36. The number of hydrogen-bond donors (Lipinski definition) is 1. The molecule has 1 saturated heterocycles. The molecule has 126 valence electrons. The Morgan fingerprint density at radius 3 is 2.54 bits per heavy atom. The number of urea groups is 1. The average Bonchev–Trinajstić information content (AvgIpc) is 2.62. The molecular weight excluding hydrogens is 302 g/mol. The lowest BCUT2D eigenvalue weighted by Crippen LogP contribution is -2.49. The number of rotatable bonds is 3. The van der Waals surface area contributed by atoms with E-state index in [1.807, 2.05) is 30.9 Å². The van der Waals surface area contributed by atoms with Gasteiger partial charge in [-0.3, -0.25) is 4.98 Å². The summed E-state index contributed by atoms with van der Waals surface area (Å²) in [5, 5.41) is 3.07. The number of benzene rings is 1. The van der Waals surface area contributed by atoms with Crippen molar-refractivity contribution in [2.45, 2.75) is 26.0 Å². The quantitative estimate of drug-likeness (QED) is 0.942. The fourth-order valence-corrected chi connectivity index (χ4v) is 2.87. The zero-order chi connectivity index (χ0) is 16.9. The summed E-state index contributed by atoms with van der Waals surface area (Å²) in [6.07, 6.45) is 3.67. The smallest absolute Gasteiger partial charge is 0.318 e. The van der Waals surface area contributed by atoms with E-state index in [1.54, 1.807) is 12.4 Å². The van der Waals surface area contributed by atoms with Crippen LogP contribution >= 0.6 is 0 Å². The maximum absolute atomic E-state index is 12.4. The first kappa shape index (κ1) is 16.5. The van der Waals surface area contributed by atoms with Gasteiger partial charge in [-0.1, -0.05) is 24.3 Å². The van der Waals surface area contributed by atoms with Crippen LogP contribution in [-0.4, -0.2) is 41.7 Å². The third-order valence-corrected chi connectivity index (χ3v) is 4.29. The van der Waals surface area contributed by atoms with Crippen molar-refractivity contribution in [3.05, 3.63) is 54.4 Å².